The first-order valence-electron chi connectivity index (χ1n) is 5.62. The lowest BCUT2D eigenvalue weighted by atomic mass is 10.2. The Hall–Kier alpha value is 0.110. The minimum atomic E-state index is -2.52. The van der Waals surface area contributed by atoms with E-state index in [9.17, 15) is 4.57 Å². The number of hydrogen-bond acceptors (Lipinski definition) is 3. The molecule has 15 heavy (non-hydrogen) atoms. The number of aliphatic hydroxyl groups is 2. The van der Waals surface area contributed by atoms with Gasteiger partial charge < -0.3 is 14.8 Å². The fourth-order valence-electron chi connectivity index (χ4n) is 1.54. The minimum absolute atomic E-state index is 0.0740. The van der Waals surface area contributed by atoms with Crippen molar-refractivity contribution in [1.82, 2.24) is 4.67 Å². The van der Waals surface area contributed by atoms with Crippen molar-refractivity contribution in [3.8, 4) is 0 Å². The third-order valence-electron chi connectivity index (χ3n) is 2.61. The highest BCUT2D eigenvalue weighted by Gasteiger charge is 2.25. The van der Waals surface area contributed by atoms with Crippen LogP contribution < -0.4 is 0 Å². The van der Waals surface area contributed by atoms with Crippen LogP contribution in [-0.4, -0.2) is 54.0 Å². The van der Waals surface area contributed by atoms with Crippen LogP contribution in [0.4, 0.5) is 0 Å². The van der Waals surface area contributed by atoms with E-state index in [1.54, 1.807) is 0 Å². The van der Waals surface area contributed by atoms with Crippen LogP contribution >= 0.6 is 7.29 Å². The Morgan fingerprint density at radius 3 is 2.07 bits per heavy atom. The topological polar surface area (TPSA) is 60.8 Å². The first kappa shape index (κ1) is 15.1. The number of hydrogen-bond donors (Lipinski definition) is 2. The maximum Gasteiger partial charge on any atom is 0.154 e. The van der Waals surface area contributed by atoms with E-state index >= 15 is 0 Å². The van der Waals surface area contributed by atoms with E-state index in [2.05, 4.69) is 6.92 Å². The molecular formula is C10H24NO3P. The first-order valence-corrected chi connectivity index (χ1v) is 7.65. The van der Waals surface area contributed by atoms with Gasteiger partial charge >= 0.3 is 0 Å². The quantitative estimate of drug-likeness (QED) is 0.469. The molecule has 0 aromatic rings. The van der Waals surface area contributed by atoms with Gasteiger partial charge in [0.15, 0.2) is 7.29 Å². The molecule has 0 spiro atoms. The van der Waals surface area contributed by atoms with Crippen molar-refractivity contribution in [3.63, 3.8) is 0 Å². The lowest BCUT2D eigenvalue weighted by Crippen LogP contribution is -2.22. The average Bonchev–Trinajstić information content (AvgIpc) is 2.18. The molecule has 0 rings (SSSR count). The van der Waals surface area contributed by atoms with Gasteiger partial charge in [-0.15, -0.1) is 0 Å². The highest BCUT2D eigenvalue weighted by atomic mass is 31.2. The molecule has 0 aliphatic heterocycles. The monoisotopic (exact) mass is 237 g/mol. The summed E-state index contributed by atoms with van der Waals surface area (Å²) in [6, 6.07) is 0. The van der Waals surface area contributed by atoms with Crippen LogP contribution in [0.3, 0.4) is 0 Å². The summed E-state index contributed by atoms with van der Waals surface area (Å²) >= 11 is 0. The van der Waals surface area contributed by atoms with Gasteiger partial charge in [0.05, 0.1) is 13.2 Å². The summed E-state index contributed by atoms with van der Waals surface area (Å²) in [5.41, 5.74) is 0. The number of aliphatic hydroxyl groups excluding tert-OH is 2. The molecule has 5 heteroatoms. The second kappa shape index (κ2) is 8.28. The maximum absolute atomic E-state index is 12.3. The van der Waals surface area contributed by atoms with Crippen molar-refractivity contribution in [2.24, 2.45) is 0 Å². The molecule has 0 amide bonds. The predicted octanol–water partition coefficient (Wildman–Crippen LogP) is 1.37. The first-order chi connectivity index (χ1) is 7.10. The highest BCUT2D eigenvalue weighted by Crippen LogP contribution is 2.47. The summed E-state index contributed by atoms with van der Waals surface area (Å²) in [5, 5.41) is 17.7. The number of nitrogens with zero attached hydrogens (tertiary/aromatic N) is 1. The average molecular weight is 237 g/mol. The summed E-state index contributed by atoms with van der Waals surface area (Å²) in [7, 11) is -0.696. The molecule has 0 radical (unpaired) electrons. The van der Waals surface area contributed by atoms with Gasteiger partial charge in [-0.25, -0.2) is 0 Å². The Morgan fingerprint density at radius 1 is 1.13 bits per heavy atom. The largest absolute Gasteiger partial charge is 0.396 e. The summed E-state index contributed by atoms with van der Waals surface area (Å²) < 4.78 is 14.1. The zero-order valence-electron chi connectivity index (χ0n) is 9.85. The zero-order chi connectivity index (χ0) is 11.7. The molecule has 0 aliphatic carbocycles. The van der Waals surface area contributed by atoms with Gasteiger partial charge in [0.1, 0.15) is 0 Å². The molecule has 0 unspecified atom stereocenters. The molecule has 2 N–H and O–H groups in total. The second-order valence-corrected chi connectivity index (χ2v) is 7.10. The third kappa shape index (κ3) is 5.67. The summed E-state index contributed by atoms with van der Waals surface area (Å²) in [5.74, 6) is 0. The normalized spacial score (nSPS) is 12.3. The maximum atomic E-state index is 12.3. The summed E-state index contributed by atoms with van der Waals surface area (Å²) in [4.78, 5) is 0. The third-order valence-corrected chi connectivity index (χ3v) is 5.85. The van der Waals surface area contributed by atoms with E-state index < -0.39 is 7.29 Å². The van der Waals surface area contributed by atoms with Crippen molar-refractivity contribution in [2.45, 2.75) is 26.2 Å². The molecular weight excluding hydrogens is 213 g/mol. The van der Waals surface area contributed by atoms with Gasteiger partial charge in [-0.3, -0.25) is 4.67 Å². The standard InChI is InChI=1S/C10H24NO3P/c1-3-4-5-6-11(2)15(14,9-7-12)10-8-13/h12-13H,3-10H2,1-2H3. The van der Waals surface area contributed by atoms with Gasteiger partial charge in [0.25, 0.3) is 0 Å². The molecule has 0 saturated heterocycles. The van der Waals surface area contributed by atoms with Crippen LogP contribution in [0, 0.1) is 0 Å². The Morgan fingerprint density at radius 2 is 1.67 bits per heavy atom. The molecule has 0 aromatic carbocycles. The second-order valence-electron chi connectivity index (χ2n) is 3.83. The molecule has 0 fully saturated rings. The van der Waals surface area contributed by atoms with Crippen LogP contribution in [0.5, 0.6) is 0 Å². The van der Waals surface area contributed by atoms with E-state index in [-0.39, 0.29) is 25.5 Å². The number of rotatable bonds is 9. The van der Waals surface area contributed by atoms with Gasteiger partial charge in [0.2, 0.25) is 0 Å². The SMILES string of the molecule is CCCCCN(C)P(=O)(CCO)CCO. The van der Waals surface area contributed by atoms with Crippen molar-refractivity contribution >= 4 is 7.29 Å². The zero-order valence-corrected chi connectivity index (χ0v) is 10.7. The van der Waals surface area contributed by atoms with Crippen LogP contribution in [-0.2, 0) is 4.57 Å². The Balaban J connectivity index is 4.15. The van der Waals surface area contributed by atoms with Crippen molar-refractivity contribution in [2.75, 3.05) is 39.1 Å². The van der Waals surface area contributed by atoms with Gasteiger partial charge in [-0.1, -0.05) is 19.8 Å². The molecule has 0 saturated carbocycles. The minimum Gasteiger partial charge on any atom is -0.396 e. The van der Waals surface area contributed by atoms with Gasteiger partial charge in [0, 0.05) is 18.9 Å². The van der Waals surface area contributed by atoms with E-state index in [4.69, 9.17) is 10.2 Å². The Kier molecular flexibility index (Phi) is 8.34. The lowest BCUT2D eigenvalue weighted by molar-refractivity contribution is 0.304. The number of unbranched alkanes of at least 4 members (excludes halogenated alkanes) is 2. The molecule has 0 aromatic heterocycles. The van der Waals surface area contributed by atoms with Crippen molar-refractivity contribution in [1.29, 1.82) is 0 Å². The van der Waals surface area contributed by atoms with E-state index in [0.717, 1.165) is 25.8 Å². The van der Waals surface area contributed by atoms with Gasteiger partial charge in [-0.05, 0) is 13.5 Å². The van der Waals surface area contributed by atoms with Crippen LogP contribution in [0.1, 0.15) is 26.2 Å². The fourth-order valence-corrected chi connectivity index (χ4v) is 3.58. The van der Waals surface area contributed by atoms with Crippen molar-refractivity contribution < 1.29 is 14.8 Å². The van der Waals surface area contributed by atoms with Crippen LogP contribution in [0.2, 0.25) is 0 Å². The molecule has 92 valence electrons. The van der Waals surface area contributed by atoms with Crippen molar-refractivity contribution in [3.05, 3.63) is 0 Å². The highest BCUT2D eigenvalue weighted by molar-refractivity contribution is 7.61. The van der Waals surface area contributed by atoms with Crippen LogP contribution in [0.15, 0.2) is 0 Å². The van der Waals surface area contributed by atoms with Crippen LogP contribution in [0.25, 0.3) is 0 Å². The summed E-state index contributed by atoms with van der Waals surface area (Å²) in [6.07, 6.45) is 3.86. The molecule has 0 bridgehead atoms. The molecule has 0 aliphatic rings. The molecule has 4 nitrogen and oxygen atoms in total. The van der Waals surface area contributed by atoms with Gasteiger partial charge in [-0.2, -0.15) is 0 Å². The molecule has 0 heterocycles. The van der Waals surface area contributed by atoms with E-state index in [0.29, 0.717) is 0 Å². The Labute approximate surface area is 92.7 Å². The van der Waals surface area contributed by atoms with E-state index in [1.807, 2.05) is 11.7 Å². The van der Waals surface area contributed by atoms with E-state index in [1.165, 1.54) is 0 Å². The Bertz CT molecular complexity index is 189. The fraction of sp³-hybridized carbons (Fsp3) is 1.00. The summed E-state index contributed by atoms with van der Waals surface area (Å²) in [6.45, 7) is 2.76. The predicted molar refractivity (Wildman–Crippen MR) is 63.7 cm³/mol. The molecule has 0 atom stereocenters. The smallest absolute Gasteiger partial charge is 0.154 e. The lowest BCUT2D eigenvalue weighted by Gasteiger charge is -2.27.